The predicted molar refractivity (Wildman–Crippen MR) is 111 cm³/mol. The fourth-order valence-corrected chi connectivity index (χ4v) is 3.03. The molecule has 1 aromatic heterocycles. The van der Waals surface area contributed by atoms with E-state index in [4.69, 9.17) is 39.5 Å². The average Bonchev–Trinajstić information content (AvgIpc) is 2.68. The third kappa shape index (κ3) is 5.53. The molecule has 2 aromatic carbocycles. The molecule has 0 aliphatic rings. The molecular weight excluding hydrogens is 462 g/mol. The Morgan fingerprint density at radius 3 is 2.27 bits per heavy atom. The Balaban J connectivity index is 1.70. The number of nitrogens with zero attached hydrogens (tertiary/aromatic N) is 1. The van der Waals surface area contributed by atoms with Crippen molar-refractivity contribution in [2.75, 3.05) is 0 Å². The molecule has 1 heterocycles. The summed E-state index contributed by atoms with van der Waals surface area (Å²) in [5.41, 5.74) is 0.0286. The highest BCUT2D eigenvalue weighted by molar-refractivity contribution is 6.35. The zero-order chi connectivity index (χ0) is 21.9. The maximum Gasteiger partial charge on any atom is 0.417 e. The smallest absolute Gasteiger partial charge is 0.417 e. The standard InChI is InChI=1S/C21H11Cl3F3NO2/c22-15-5-1-12(17(23)10-15)4-8-19(29)13-2-6-16(7-3-13)30-20-18(24)9-14(11-28-20)21(25,26)27/h1-11H. The molecule has 3 rings (SSSR count). The number of rotatable bonds is 5. The lowest BCUT2D eigenvalue weighted by Gasteiger charge is -2.10. The van der Waals surface area contributed by atoms with E-state index >= 15 is 0 Å². The fourth-order valence-electron chi connectivity index (χ4n) is 2.35. The number of halogens is 6. The van der Waals surface area contributed by atoms with Gasteiger partial charge in [-0.1, -0.05) is 40.9 Å². The quantitative estimate of drug-likeness (QED) is 0.281. The number of ether oxygens (including phenoxy) is 1. The lowest BCUT2D eigenvalue weighted by Crippen LogP contribution is -2.05. The average molecular weight is 473 g/mol. The Labute approximate surface area is 184 Å². The van der Waals surface area contributed by atoms with Crippen molar-refractivity contribution in [3.05, 3.63) is 92.6 Å². The van der Waals surface area contributed by atoms with Gasteiger partial charge >= 0.3 is 6.18 Å². The van der Waals surface area contributed by atoms with Crippen LogP contribution in [0.25, 0.3) is 6.08 Å². The summed E-state index contributed by atoms with van der Waals surface area (Å²) in [4.78, 5) is 15.9. The monoisotopic (exact) mass is 471 g/mol. The van der Waals surface area contributed by atoms with Gasteiger partial charge in [-0.05, 0) is 60.2 Å². The Hall–Kier alpha value is -2.54. The van der Waals surface area contributed by atoms with E-state index in [-0.39, 0.29) is 22.4 Å². The van der Waals surface area contributed by atoms with E-state index in [1.807, 2.05) is 0 Å². The third-order valence-corrected chi connectivity index (χ3v) is 4.70. The van der Waals surface area contributed by atoms with Gasteiger partial charge in [0.1, 0.15) is 10.8 Å². The topological polar surface area (TPSA) is 39.2 Å². The molecule has 0 amide bonds. The number of hydrogen-bond acceptors (Lipinski definition) is 3. The molecule has 0 spiro atoms. The summed E-state index contributed by atoms with van der Waals surface area (Å²) < 4.78 is 43.4. The van der Waals surface area contributed by atoms with E-state index < -0.39 is 11.7 Å². The molecule has 154 valence electrons. The molecule has 0 aliphatic carbocycles. The Bertz CT molecular complexity index is 1110. The highest BCUT2D eigenvalue weighted by atomic mass is 35.5. The molecule has 0 saturated carbocycles. The largest absolute Gasteiger partial charge is 0.438 e. The molecule has 3 nitrogen and oxygen atoms in total. The minimum absolute atomic E-state index is 0.180. The van der Waals surface area contributed by atoms with Gasteiger partial charge in [0, 0.05) is 21.8 Å². The molecule has 0 atom stereocenters. The SMILES string of the molecule is O=C(C=Cc1ccc(Cl)cc1Cl)c1ccc(Oc2ncc(C(F)(F)F)cc2Cl)cc1. The van der Waals surface area contributed by atoms with Crippen molar-refractivity contribution in [2.24, 2.45) is 0 Å². The summed E-state index contributed by atoms with van der Waals surface area (Å²) in [7, 11) is 0. The van der Waals surface area contributed by atoms with Crippen molar-refractivity contribution < 1.29 is 22.7 Å². The van der Waals surface area contributed by atoms with Crippen molar-refractivity contribution in [3.8, 4) is 11.6 Å². The molecule has 30 heavy (non-hydrogen) atoms. The molecule has 9 heteroatoms. The Morgan fingerprint density at radius 1 is 0.967 bits per heavy atom. The molecular formula is C21H11Cl3F3NO2. The van der Waals surface area contributed by atoms with Crippen LogP contribution in [-0.2, 0) is 6.18 Å². The van der Waals surface area contributed by atoms with Crippen LogP contribution in [0.2, 0.25) is 15.1 Å². The fraction of sp³-hybridized carbons (Fsp3) is 0.0476. The van der Waals surface area contributed by atoms with Crippen LogP contribution in [0.1, 0.15) is 21.5 Å². The van der Waals surface area contributed by atoms with Crippen molar-refractivity contribution in [2.45, 2.75) is 6.18 Å². The Kier molecular flexibility index (Phi) is 6.71. The summed E-state index contributed by atoms with van der Waals surface area (Å²) >= 11 is 17.7. The molecule has 0 N–H and O–H groups in total. The molecule has 0 bridgehead atoms. The van der Waals surface area contributed by atoms with Crippen LogP contribution < -0.4 is 4.74 Å². The lowest BCUT2D eigenvalue weighted by molar-refractivity contribution is -0.137. The maximum atomic E-state index is 12.7. The Morgan fingerprint density at radius 2 is 1.67 bits per heavy atom. The van der Waals surface area contributed by atoms with Crippen LogP contribution in [0.4, 0.5) is 13.2 Å². The van der Waals surface area contributed by atoms with Crippen molar-refractivity contribution in [1.82, 2.24) is 4.98 Å². The zero-order valence-corrected chi connectivity index (χ0v) is 17.2. The minimum atomic E-state index is -4.55. The van der Waals surface area contributed by atoms with Gasteiger partial charge in [-0.25, -0.2) is 4.98 Å². The first kappa shape index (κ1) is 22.2. The van der Waals surface area contributed by atoms with Crippen LogP contribution >= 0.6 is 34.8 Å². The number of alkyl halides is 3. The van der Waals surface area contributed by atoms with E-state index in [2.05, 4.69) is 4.98 Å². The van der Waals surface area contributed by atoms with E-state index in [0.29, 0.717) is 27.4 Å². The van der Waals surface area contributed by atoms with Gasteiger partial charge < -0.3 is 4.74 Å². The highest BCUT2D eigenvalue weighted by Crippen LogP contribution is 2.34. The lowest BCUT2D eigenvalue weighted by atomic mass is 10.1. The number of carbonyl (C=O) groups excluding carboxylic acids is 1. The van der Waals surface area contributed by atoms with Crippen LogP contribution in [0.15, 0.2) is 60.8 Å². The second-order valence-electron chi connectivity index (χ2n) is 6.00. The van der Waals surface area contributed by atoms with Gasteiger partial charge in [0.25, 0.3) is 0 Å². The van der Waals surface area contributed by atoms with Gasteiger partial charge in [-0.15, -0.1) is 0 Å². The zero-order valence-electron chi connectivity index (χ0n) is 14.9. The molecule has 0 aliphatic heterocycles. The van der Waals surface area contributed by atoms with Crippen molar-refractivity contribution in [3.63, 3.8) is 0 Å². The third-order valence-electron chi connectivity index (χ3n) is 3.86. The van der Waals surface area contributed by atoms with Gasteiger partial charge in [-0.2, -0.15) is 13.2 Å². The van der Waals surface area contributed by atoms with Gasteiger partial charge in [0.15, 0.2) is 5.78 Å². The van der Waals surface area contributed by atoms with Crippen LogP contribution in [-0.4, -0.2) is 10.8 Å². The summed E-state index contributed by atoms with van der Waals surface area (Å²) in [6, 6.07) is 11.6. The van der Waals surface area contributed by atoms with Crippen LogP contribution in [0.5, 0.6) is 11.6 Å². The molecule has 0 radical (unpaired) electrons. The normalized spacial score (nSPS) is 11.7. The number of aromatic nitrogens is 1. The maximum absolute atomic E-state index is 12.7. The number of benzene rings is 2. The number of allylic oxidation sites excluding steroid dienone is 1. The van der Waals surface area contributed by atoms with Crippen LogP contribution in [0, 0.1) is 0 Å². The highest BCUT2D eigenvalue weighted by Gasteiger charge is 2.31. The van der Waals surface area contributed by atoms with Crippen LogP contribution in [0.3, 0.4) is 0 Å². The van der Waals surface area contributed by atoms with E-state index in [1.54, 1.807) is 24.3 Å². The van der Waals surface area contributed by atoms with Crippen molar-refractivity contribution >= 4 is 46.7 Å². The first-order valence-corrected chi connectivity index (χ1v) is 9.45. The first-order chi connectivity index (χ1) is 14.1. The summed E-state index contributed by atoms with van der Waals surface area (Å²) in [5.74, 6) is -0.204. The second-order valence-corrected chi connectivity index (χ2v) is 7.25. The van der Waals surface area contributed by atoms with Gasteiger partial charge in [0.05, 0.1) is 5.56 Å². The van der Waals surface area contributed by atoms with Crippen molar-refractivity contribution in [1.29, 1.82) is 0 Å². The molecule has 0 unspecified atom stereocenters. The predicted octanol–water partition coefficient (Wildman–Crippen LogP) is 7.75. The van der Waals surface area contributed by atoms with Gasteiger partial charge in [0.2, 0.25) is 5.88 Å². The summed E-state index contributed by atoms with van der Waals surface area (Å²) in [6.07, 6.45) is -0.997. The summed E-state index contributed by atoms with van der Waals surface area (Å²) in [5, 5.41) is 0.616. The molecule has 0 saturated heterocycles. The molecule has 3 aromatic rings. The summed E-state index contributed by atoms with van der Waals surface area (Å²) in [6.45, 7) is 0. The number of carbonyl (C=O) groups is 1. The second kappa shape index (κ2) is 9.08. The van der Waals surface area contributed by atoms with E-state index in [0.717, 1.165) is 6.07 Å². The molecule has 0 fully saturated rings. The van der Waals surface area contributed by atoms with E-state index in [9.17, 15) is 18.0 Å². The minimum Gasteiger partial charge on any atom is -0.438 e. The number of pyridine rings is 1. The van der Waals surface area contributed by atoms with Gasteiger partial charge in [-0.3, -0.25) is 4.79 Å². The van der Waals surface area contributed by atoms with E-state index in [1.165, 1.54) is 30.3 Å². The number of hydrogen-bond donors (Lipinski definition) is 0. The first-order valence-electron chi connectivity index (χ1n) is 8.31. The number of ketones is 1.